The minimum absolute atomic E-state index is 0.00258. The SMILES string of the molecule is O=C(OCC1CCC2O[C@@H]2C1)C1CCC2OC2C1. The van der Waals surface area contributed by atoms with Crippen molar-refractivity contribution in [1.82, 2.24) is 0 Å². The first-order valence-corrected chi connectivity index (χ1v) is 7.27. The number of epoxide rings is 2. The van der Waals surface area contributed by atoms with E-state index in [9.17, 15) is 4.79 Å². The maximum absolute atomic E-state index is 12.0. The van der Waals surface area contributed by atoms with E-state index in [4.69, 9.17) is 14.2 Å². The molecule has 4 nitrogen and oxygen atoms in total. The molecular weight excluding hydrogens is 232 g/mol. The summed E-state index contributed by atoms with van der Waals surface area (Å²) < 4.78 is 16.4. The lowest BCUT2D eigenvalue weighted by Crippen LogP contribution is -2.27. The lowest BCUT2D eigenvalue weighted by atomic mass is 9.89. The minimum Gasteiger partial charge on any atom is -0.465 e. The van der Waals surface area contributed by atoms with Crippen LogP contribution in [0.25, 0.3) is 0 Å². The van der Waals surface area contributed by atoms with Crippen molar-refractivity contribution in [1.29, 1.82) is 0 Å². The number of hydrogen-bond donors (Lipinski definition) is 0. The van der Waals surface area contributed by atoms with E-state index < -0.39 is 0 Å². The van der Waals surface area contributed by atoms with Gasteiger partial charge in [0.25, 0.3) is 0 Å². The van der Waals surface area contributed by atoms with Crippen molar-refractivity contribution in [3.8, 4) is 0 Å². The van der Waals surface area contributed by atoms with Gasteiger partial charge in [0.2, 0.25) is 0 Å². The molecule has 4 rings (SSSR count). The Morgan fingerprint density at radius 3 is 2.39 bits per heavy atom. The van der Waals surface area contributed by atoms with Gasteiger partial charge in [-0.15, -0.1) is 0 Å². The molecule has 2 aliphatic heterocycles. The topological polar surface area (TPSA) is 51.4 Å². The van der Waals surface area contributed by atoms with Crippen LogP contribution in [-0.2, 0) is 19.0 Å². The number of carbonyl (C=O) groups is 1. The number of carbonyl (C=O) groups excluding carboxylic acids is 1. The van der Waals surface area contributed by atoms with E-state index in [1.165, 1.54) is 0 Å². The first kappa shape index (κ1) is 11.2. The second-order valence-corrected chi connectivity index (χ2v) is 6.25. The summed E-state index contributed by atoms with van der Waals surface area (Å²) in [6.45, 7) is 0.594. The summed E-state index contributed by atoms with van der Waals surface area (Å²) in [5.41, 5.74) is 0. The van der Waals surface area contributed by atoms with Crippen molar-refractivity contribution >= 4 is 5.97 Å². The first-order chi connectivity index (χ1) is 8.79. The quantitative estimate of drug-likeness (QED) is 0.566. The van der Waals surface area contributed by atoms with Gasteiger partial charge in [-0.25, -0.2) is 0 Å². The van der Waals surface area contributed by atoms with E-state index in [1.807, 2.05) is 0 Å². The Morgan fingerprint density at radius 1 is 0.944 bits per heavy atom. The average molecular weight is 252 g/mol. The molecule has 6 atom stereocenters. The summed E-state index contributed by atoms with van der Waals surface area (Å²) in [4.78, 5) is 12.0. The van der Waals surface area contributed by atoms with Crippen molar-refractivity contribution in [3.63, 3.8) is 0 Å². The van der Waals surface area contributed by atoms with Crippen LogP contribution < -0.4 is 0 Å². The van der Waals surface area contributed by atoms with Crippen molar-refractivity contribution in [2.75, 3.05) is 6.61 Å². The number of hydrogen-bond acceptors (Lipinski definition) is 4. The summed E-state index contributed by atoms with van der Waals surface area (Å²) >= 11 is 0. The van der Waals surface area contributed by atoms with Crippen molar-refractivity contribution in [2.45, 2.75) is 62.9 Å². The van der Waals surface area contributed by atoms with E-state index in [0.29, 0.717) is 36.9 Å². The predicted octanol–water partition coefficient (Wildman–Crippen LogP) is 1.66. The second-order valence-electron chi connectivity index (χ2n) is 6.25. The maximum atomic E-state index is 12.0. The summed E-state index contributed by atoms with van der Waals surface area (Å²) in [6, 6.07) is 0. The highest BCUT2D eigenvalue weighted by molar-refractivity contribution is 5.72. The zero-order valence-electron chi connectivity index (χ0n) is 10.5. The van der Waals surface area contributed by atoms with Crippen LogP contribution in [0.2, 0.25) is 0 Å². The van der Waals surface area contributed by atoms with Gasteiger partial charge < -0.3 is 14.2 Å². The molecule has 0 N–H and O–H groups in total. The molecule has 2 aliphatic carbocycles. The summed E-state index contributed by atoms with van der Waals surface area (Å²) in [5, 5.41) is 0. The van der Waals surface area contributed by atoms with E-state index in [-0.39, 0.29) is 11.9 Å². The van der Waals surface area contributed by atoms with Crippen molar-refractivity contribution in [3.05, 3.63) is 0 Å². The molecule has 2 saturated carbocycles. The Hall–Kier alpha value is -0.610. The lowest BCUT2D eigenvalue weighted by Gasteiger charge is -2.21. The molecule has 2 saturated heterocycles. The molecule has 5 unspecified atom stereocenters. The molecule has 0 aromatic heterocycles. The molecule has 0 radical (unpaired) electrons. The largest absolute Gasteiger partial charge is 0.465 e. The minimum atomic E-state index is 0.00258. The first-order valence-electron chi connectivity index (χ1n) is 7.27. The van der Waals surface area contributed by atoms with Crippen LogP contribution in [0.5, 0.6) is 0 Å². The molecule has 100 valence electrons. The average Bonchev–Trinajstić information content (AvgIpc) is 3.26. The summed E-state index contributed by atoms with van der Waals surface area (Å²) in [5.74, 6) is 0.608. The third kappa shape index (κ3) is 2.16. The Kier molecular flexibility index (Phi) is 2.62. The van der Waals surface area contributed by atoms with E-state index >= 15 is 0 Å². The van der Waals surface area contributed by atoms with Gasteiger partial charge in [0.15, 0.2) is 0 Å². The Bertz CT molecular complexity index is 356. The number of esters is 1. The van der Waals surface area contributed by atoms with Crippen molar-refractivity contribution < 1.29 is 19.0 Å². The molecule has 2 heterocycles. The number of fused-ring (bicyclic) bond motifs is 2. The van der Waals surface area contributed by atoms with Crippen LogP contribution in [-0.4, -0.2) is 37.0 Å². The van der Waals surface area contributed by atoms with E-state index in [0.717, 1.165) is 38.5 Å². The van der Waals surface area contributed by atoms with E-state index in [2.05, 4.69) is 0 Å². The van der Waals surface area contributed by atoms with Gasteiger partial charge in [-0.2, -0.15) is 0 Å². The Balaban J connectivity index is 1.23. The van der Waals surface area contributed by atoms with Gasteiger partial charge in [-0.1, -0.05) is 0 Å². The van der Waals surface area contributed by atoms with Gasteiger partial charge in [0.1, 0.15) is 0 Å². The van der Waals surface area contributed by atoms with Gasteiger partial charge >= 0.3 is 5.97 Å². The molecular formula is C14H20O4. The highest BCUT2D eigenvalue weighted by Gasteiger charge is 2.47. The molecule has 0 spiro atoms. The third-order valence-corrected chi connectivity index (χ3v) is 4.91. The lowest BCUT2D eigenvalue weighted by molar-refractivity contribution is -0.151. The molecule has 4 aliphatic rings. The molecule has 0 aromatic carbocycles. The highest BCUT2D eigenvalue weighted by Crippen LogP contribution is 2.41. The van der Waals surface area contributed by atoms with Gasteiger partial charge in [0, 0.05) is 0 Å². The van der Waals surface area contributed by atoms with E-state index in [1.54, 1.807) is 0 Å². The number of rotatable bonds is 3. The Labute approximate surface area is 107 Å². The zero-order chi connectivity index (χ0) is 12.1. The highest BCUT2D eigenvalue weighted by atomic mass is 16.6. The molecule has 0 bridgehead atoms. The molecule has 0 aromatic rings. The van der Waals surface area contributed by atoms with Crippen LogP contribution in [0.15, 0.2) is 0 Å². The van der Waals surface area contributed by atoms with Crippen LogP contribution >= 0.6 is 0 Å². The third-order valence-electron chi connectivity index (χ3n) is 4.91. The molecule has 4 fully saturated rings. The van der Waals surface area contributed by atoms with Gasteiger partial charge in [-0.3, -0.25) is 4.79 Å². The molecule has 0 amide bonds. The monoisotopic (exact) mass is 252 g/mol. The fourth-order valence-electron chi connectivity index (χ4n) is 3.57. The maximum Gasteiger partial charge on any atom is 0.309 e. The number of ether oxygens (including phenoxy) is 3. The second kappa shape index (κ2) is 4.20. The predicted molar refractivity (Wildman–Crippen MR) is 63.0 cm³/mol. The van der Waals surface area contributed by atoms with Crippen LogP contribution in [0, 0.1) is 11.8 Å². The summed E-state index contributed by atoms with van der Waals surface area (Å²) in [6.07, 6.45) is 8.03. The Morgan fingerprint density at radius 2 is 1.67 bits per heavy atom. The molecule has 4 heteroatoms. The van der Waals surface area contributed by atoms with Gasteiger partial charge in [-0.05, 0) is 44.4 Å². The summed E-state index contributed by atoms with van der Waals surface area (Å²) in [7, 11) is 0. The fraction of sp³-hybridized carbons (Fsp3) is 0.929. The van der Waals surface area contributed by atoms with Crippen LogP contribution in [0.3, 0.4) is 0 Å². The normalized spacial score (nSPS) is 48.9. The fourth-order valence-corrected chi connectivity index (χ4v) is 3.57. The smallest absolute Gasteiger partial charge is 0.309 e. The van der Waals surface area contributed by atoms with Crippen LogP contribution in [0.4, 0.5) is 0 Å². The zero-order valence-corrected chi connectivity index (χ0v) is 10.5. The van der Waals surface area contributed by atoms with Crippen molar-refractivity contribution in [2.24, 2.45) is 11.8 Å². The standard InChI is InChI=1S/C14H20O4/c15-14(9-2-4-11-13(6-9)18-11)16-7-8-1-3-10-12(5-8)17-10/h8-13H,1-7H2/t8?,9?,10?,11?,12-,13?/m1/s1. The van der Waals surface area contributed by atoms with Gasteiger partial charge in [0.05, 0.1) is 36.9 Å². The molecule has 18 heavy (non-hydrogen) atoms. The van der Waals surface area contributed by atoms with Crippen LogP contribution in [0.1, 0.15) is 38.5 Å².